The van der Waals surface area contributed by atoms with Gasteiger partial charge >= 0.3 is 0 Å². The van der Waals surface area contributed by atoms with Crippen molar-refractivity contribution in [2.75, 3.05) is 41.7 Å². The highest BCUT2D eigenvalue weighted by Crippen LogP contribution is 2.43. The van der Waals surface area contributed by atoms with Crippen LogP contribution in [0.2, 0.25) is 5.04 Å². The smallest absolute Gasteiger partial charge is 0.236 e. The maximum atomic E-state index is 13.5. The molecule has 0 saturated carbocycles. The molecule has 0 N–H and O–H groups in total. The average molecular weight is 477 g/mol. The molecular weight excluding hydrogens is 444 g/mol. The number of hydrogen-bond acceptors (Lipinski definition) is 8. The summed E-state index contributed by atoms with van der Waals surface area (Å²) >= 11 is 0. The third-order valence-electron chi connectivity index (χ3n) is 4.12. The molecule has 0 unspecified atom stereocenters. The number of rotatable bonds is 14. The van der Waals surface area contributed by atoms with Crippen molar-refractivity contribution in [3.8, 4) is 17.2 Å². The summed E-state index contributed by atoms with van der Waals surface area (Å²) in [5.41, 5.74) is 1.31. The summed E-state index contributed by atoms with van der Waals surface area (Å²) in [6.07, 6.45) is 0. The summed E-state index contributed by atoms with van der Waals surface area (Å²) in [4.78, 5) is 13.5. The summed E-state index contributed by atoms with van der Waals surface area (Å²) in [7, 11) is 4.76. The van der Waals surface area contributed by atoms with Crippen LogP contribution in [0.4, 0.5) is 0 Å². The van der Waals surface area contributed by atoms with Gasteiger partial charge < -0.3 is 32.8 Å². The van der Waals surface area contributed by atoms with Crippen LogP contribution in [0, 0.1) is 0 Å². The fourth-order valence-electron chi connectivity index (χ4n) is 2.82. The second-order valence-corrected chi connectivity index (χ2v) is 10.0. The maximum Gasteiger partial charge on any atom is 0.236 e. The monoisotopic (exact) mass is 476 g/mol. The Kier molecular flexibility index (Phi) is 10.8. The minimum Gasteiger partial charge on any atom is -0.467 e. The van der Waals surface area contributed by atoms with Crippen molar-refractivity contribution >= 4 is 15.5 Å². The third-order valence-corrected chi connectivity index (χ3v) is 5.02. The van der Waals surface area contributed by atoms with Crippen LogP contribution in [0.5, 0.6) is 17.2 Å². The maximum absolute atomic E-state index is 13.5. The largest absolute Gasteiger partial charge is 0.467 e. The van der Waals surface area contributed by atoms with Crippen LogP contribution in [0.15, 0.2) is 36.4 Å². The van der Waals surface area contributed by atoms with Crippen molar-refractivity contribution in [3.05, 3.63) is 53.1 Å². The highest BCUT2D eigenvalue weighted by atomic mass is 28.2. The molecule has 2 rings (SSSR count). The lowest BCUT2D eigenvalue weighted by Gasteiger charge is -2.22. The second-order valence-electron chi connectivity index (χ2n) is 8.06. The van der Waals surface area contributed by atoms with E-state index in [0.717, 1.165) is 0 Å². The highest BCUT2D eigenvalue weighted by Gasteiger charge is 2.28. The molecule has 0 aliphatic heterocycles. The SMILES string of the molecule is COCOc1cc(CO[Si]C(C)(C)C)c(OCOC)c(OCOC)c1C(=O)c1ccccc1. The van der Waals surface area contributed by atoms with Gasteiger partial charge in [0.15, 0.2) is 31.9 Å². The molecule has 180 valence electrons. The van der Waals surface area contributed by atoms with Crippen LogP contribution < -0.4 is 14.2 Å². The van der Waals surface area contributed by atoms with E-state index in [-0.39, 0.29) is 58.9 Å². The minimum absolute atomic E-state index is 0.00152. The topological polar surface area (TPSA) is 81.7 Å². The van der Waals surface area contributed by atoms with Crippen LogP contribution in [0.1, 0.15) is 42.3 Å². The summed E-state index contributed by atoms with van der Waals surface area (Å²) in [6.45, 7) is 6.30. The molecular formula is C24H32O8Si. The molecule has 0 amide bonds. The Morgan fingerprint density at radius 3 is 2.00 bits per heavy atom. The van der Waals surface area contributed by atoms with Crippen LogP contribution >= 0.6 is 0 Å². The molecule has 2 radical (unpaired) electrons. The number of methoxy groups -OCH3 is 3. The Hall–Kier alpha value is -2.43. The van der Waals surface area contributed by atoms with Gasteiger partial charge in [-0.1, -0.05) is 51.1 Å². The molecule has 2 aromatic carbocycles. The molecule has 9 heteroatoms. The Bertz CT molecular complexity index is 880. The molecule has 33 heavy (non-hydrogen) atoms. The molecule has 0 aliphatic rings. The Labute approximate surface area is 198 Å². The quantitative estimate of drug-likeness (QED) is 0.228. The minimum atomic E-state index is -0.292. The van der Waals surface area contributed by atoms with Gasteiger partial charge in [0.05, 0.1) is 6.61 Å². The molecule has 0 saturated heterocycles. The Morgan fingerprint density at radius 1 is 0.848 bits per heavy atom. The lowest BCUT2D eigenvalue weighted by atomic mass is 9.98. The number of carbonyl (C=O) groups is 1. The molecule has 0 fully saturated rings. The van der Waals surface area contributed by atoms with Crippen molar-refractivity contribution in [1.29, 1.82) is 0 Å². The van der Waals surface area contributed by atoms with Crippen LogP contribution in [0.25, 0.3) is 0 Å². The summed E-state index contributed by atoms with van der Waals surface area (Å²) in [5.74, 6) is 0.518. The molecule has 2 aromatic rings. The average Bonchev–Trinajstić information content (AvgIpc) is 2.79. The number of ketones is 1. The zero-order valence-electron chi connectivity index (χ0n) is 20.1. The number of hydrogen-bond donors (Lipinski definition) is 0. The van der Waals surface area contributed by atoms with Gasteiger partial charge in [-0.05, 0) is 11.1 Å². The third kappa shape index (κ3) is 8.13. The van der Waals surface area contributed by atoms with Gasteiger partial charge in [-0.2, -0.15) is 0 Å². The van der Waals surface area contributed by atoms with E-state index < -0.39 is 0 Å². The van der Waals surface area contributed by atoms with E-state index in [2.05, 4.69) is 20.8 Å². The standard InChI is InChI=1S/C24H32O8Si/c1-24(2,3)33-32-13-18-12-19(29-14-26-4)20(21(25)17-10-8-7-9-11-17)23(31-16-28-6)22(18)30-15-27-5/h7-12H,13-16H2,1-6H3. The van der Waals surface area contributed by atoms with Crippen molar-refractivity contribution in [2.45, 2.75) is 32.4 Å². The lowest BCUT2D eigenvalue weighted by molar-refractivity contribution is 0.0288. The van der Waals surface area contributed by atoms with E-state index in [0.29, 0.717) is 22.6 Å². The second kappa shape index (κ2) is 13.3. The van der Waals surface area contributed by atoms with Crippen molar-refractivity contribution in [1.82, 2.24) is 0 Å². The van der Waals surface area contributed by atoms with E-state index in [1.807, 2.05) is 6.07 Å². The Balaban J connectivity index is 2.65. The zero-order chi connectivity index (χ0) is 24.3. The van der Waals surface area contributed by atoms with Gasteiger partial charge in [0, 0.05) is 32.5 Å². The summed E-state index contributed by atoms with van der Waals surface area (Å²) in [6, 6.07) is 10.6. The predicted octanol–water partition coefficient (Wildman–Crippen LogP) is 4.22. The molecule has 0 aliphatic carbocycles. The van der Waals surface area contributed by atoms with Crippen LogP contribution in [0.3, 0.4) is 0 Å². The molecule has 8 nitrogen and oxygen atoms in total. The van der Waals surface area contributed by atoms with Crippen molar-refractivity contribution in [3.63, 3.8) is 0 Å². The van der Waals surface area contributed by atoms with Gasteiger partial charge in [0.25, 0.3) is 0 Å². The molecule has 0 bridgehead atoms. The van der Waals surface area contributed by atoms with Crippen LogP contribution in [-0.4, -0.2) is 57.3 Å². The van der Waals surface area contributed by atoms with Crippen molar-refractivity contribution in [2.24, 2.45) is 0 Å². The van der Waals surface area contributed by atoms with E-state index >= 15 is 0 Å². The Morgan fingerprint density at radius 2 is 1.42 bits per heavy atom. The number of carbonyl (C=O) groups excluding carboxylic acids is 1. The van der Waals surface area contributed by atoms with E-state index in [4.69, 9.17) is 32.8 Å². The van der Waals surface area contributed by atoms with E-state index in [1.165, 1.54) is 21.3 Å². The predicted molar refractivity (Wildman–Crippen MR) is 124 cm³/mol. The van der Waals surface area contributed by atoms with Gasteiger partial charge in [-0.3, -0.25) is 4.79 Å². The zero-order valence-corrected chi connectivity index (χ0v) is 21.1. The first-order valence-corrected chi connectivity index (χ1v) is 11.3. The lowest BCUT2D eigenvalue weighted by Crippen LogP contribution is -2.16. The van der Waals surface area contributed by atoms with Crippen molar-refractivity contribution < 1.29 is 37.6 Å². The molecule has 0 atom stereocenters. The van der Waals surface area contributed by atoms with Gasteiger partial charge in [0.1, 0.15) is 11.3 Å². The van der Waals surface area contributed by atoms with Gasteiger partial charge in [-0.15, -0.1) is 0 Å². The molecule has 0 heterocycles. The molecule has 0 spiro atoms. The first-order valence-electron chi connectivity index (χ1n) is 10.4. The van der Waals surface area contributed by atoms with Gasteiger partial charge in [-0.25, -0.2) is 0 Å². The number of benzene rings is 2. The van der Waals surface area contributed by atoms with E-state index in [9.17, 15) is 4.79 Å². The summed E-state index contributed by atoms with van der Waals surface area (Å²) in [5, 5.41) is 0.00152. The van der Waals surface area contributed by atoms with E-state index in [1.54, 1.807) is 30.3 Å². The first-order chi connectivity index (χ1) is 15.8. The van der Waals surface area contributed by atoms with Gasteiger partial charge in [0.2, 0.25) is 15.5 Å². The number of ether oxygens (including phenoxy) is 6. The summed E-state index contributed by atoms with van der Waals surface area (Å²) < 4.78 is 38.8. The first kappa shape index (κ1) is 26.8. The van der Waals surface area contributed by atoms with Crippen LogP contribution in [-0.2, 0) is 25.2 Å². The highest BCUT2D eigenvalue weighted by molar-refractivity contribution is 6.31. The molecule has 0 aromatic heterocycles. The fourth-order valence-corrected chi connectivity index (χ4v) is 3.48. The fraction of sp³-hybridized carbons (Fsp3) is 0.458. The normalized spacial score (nSPS) is 11.3.